The van der Waals surface area contributed by atoms with Crippen molar-refractivity contribution in [1.82, 2.24) is 0 Å². The SMILES string of the molecule is CC[C@@]1(C)C(=O)O[C@@H]2C3=C(C)C(=O)C=C[C@]3(C)CC[C@H]21. The number of carbonyl (C=O) groups is 2. The van der Waals surface area contributed by atoms with Crippen LogP contribution in [-0.2, 0) is 14.3 Å². The van der Waals surface area contributed by atoms with Gasteiger partial charge in [0.2, 0.25) is 0 Å². The van der Waals surface area contributed by atoms with Gasteiger partial charge in [-0.1, -0.05) is 19.9 Å². The van der Waals surface area contributed by atoms with Crippen molar-refractivity contribution in [2.75, 3.05) is 0 Å². The Balaban J connectivity index is 2.11. The minimum atomic E-state index is -0.399. The Morgan fingerprint density at radius 3 is 2.70 bits per heavy atom. The van der Waals surface area contributed by atoms with E-state index in [2.05, 4.69) is 6.92 Å². The number of rotatable bonds is 1. The maximum absolute atomic E-state index is 12.3. The van der Waals surface area contributed by atoms with Crippen LogP contribution in [-0.4, -0.2) is 17.9 Å². The Kier molecular flexibility index (Phi) is 2.76. The van der Waals surface area contributed by atoms with Gasteiger partial charge < -0.3 is 4.74 Å². The molecular weight excluding hydrogens is 252 g/mol. The smallest absolute Gasteiger partial charge is 0.312 e. The van der Waals surface area contributed by atoms with Gasteiger partial charge in [0.05, 0.1) is 5.41 Å². The van der Waals surface area contributed by atoms with Crippen molar-refractivity contribution in [3.8, 4) is 0 Å². The molecule has 0 aromatic carbocycles. The topological polar surface area (TPSA) is 43.4 Å². The van der Waals surface area contributed by atoms with Gasteiger partial charge in [0.1, 0.15) is 6.10 Å². The van der Waals surface area contributed by atoms with Crippen molar-refractivity contribution in [2.45, 2.75) is 53.1 Å². The molecule has 20 heavy (non-hydrogen) atoms. The van der Waals surface area contributed by atoms with E-state index in [0.717, 1.165) is 30.4 Å². The summed E-state index contributed by atoms with van der Waals surface area (Å²) in [5.41, 5.74) is 1.30. The fraction of sp³-hybridized carbons (Fsp3) is 0.647. The van der Waals surface area contributed by atoms with Gasteiger partial charge in [-0.25, -0.2) is 0 Å². The summed E-state index contributed by atoms with van der Waals surface area (Å²) in [4.78, 5) is 24.3. The standard InChI is InChI=1S/C17H22O3/c1-5-17(4)11-6-8-16(3)9-7-12(18)10(2)13(16)14(11)20-15(17)19/h7,9,11,14H,5-6,8H2,1-4H3/t11-,14+,16+,17-/m1/s1. The van der Waals surface area contributed by atoms with Gasteiger partial charge in [0.15, 0.2) is 5.78 Å². The van der Waals surface area contributed by atoms with E-state index in [1.54, 1.807) is 6.08 Å². The number of ketones is 1. The third kappa shape index (κ3) is 1.52. The normalized spacial score (nSPS) is 43.4. The summed E-state index contributed by atoms with van der Waals surface area (Å²) in [6.45, 7) is 8.08. The van der Waals surface area contributed by atoms with Crippen LogP contribution in [0, 0.1) is 16.7 Å². The lowest BCUT2D eigenvalue weighted by atomic mass is 9.58. The predicted molar refractivity (Wildman–Crippen MR) is 76.0 cm³/mol. The lowest BCUT2D eigenvalue weighted by molar-refractivity contribution is -0.147. The molecule has 1 heterocycles. The summed E-state index contributed by atoms with van der Waals surface area (Å²) in [5, 5.41) is 0. The maximum Gasteiger partial charge on any atom is 0.312 e. The third-order valence-electron chi connectivity index (χ3n) is 5.87. The second kappa shape index (κ2) is 4.06. The molecule has 0 N–H and O–H groups in total. The Morgan fingerprint density at radius 2 is 2.05 bits per heavy atom. The van der Waals surface area contributed by atoms with Gasteiger partial charge in [-0.2, -0.15) is 0 Å². The summed E-state index contributed by atoms with van der Waals surface area (Å²) in [7, 11) is 0. The van der Waals surface area contributed by atoms with E-state index >= 15 is 0 Å². The van der Waals surface area contributed by atoms with Crippen molar-refractivity contribution in [2.24, 2.45) is 16.7 Å². The lowest BCUT2D eigenvalue weighted by Gasteiger charge is -2.44. The Labute approximate surface area is 120 Å². The molecule has 0 bridgehead atoms. The zero-order chi connectivity index (χ0) is 14.7. The summed E-state index contributed by atoms with van der Waals surface area (Å²) in [6.07, 6.45) is 6.22. The first-order valence-electron chi connectivity index (χ1n) is 7.49. The molecule has 3 heteroatoms. The van der Waals surface area contributed by atoms with Crippen molar-refractivity contribution < 1.29 is 14.3 Å². The molecule has 0 spiro atoms. The number of allylic oxidation sites excluding steroid dienone is 3. The van der Waals surface area contributed by atoms with Crippen LogP contribution in [0.15, 0.2) is 23.3 Å². The van der Waals surface area contributed by atoms with Gasteiger partial charge in [0.25, 0.3) is 0 Å². The zero-order valence-electron chi connectivity index (χ0n) is 12.7. The number of esters is 1. The number of fused-ring (bicyclic) bond motifs is 3. The van der Waals surface area contributed by atoms with E-state index in [-0.39, 0.29) is 29.2 Å². The molecule has 0 aromatic heterocycles. The van der Waals surface area contributed by atoms with Gasteiger partial charge in [-0.3, -0.25) is 9.59 Å². The van der Waals surface area contributed by atoms with Crippen molar-refractivity contribution in [3.63, 3.8) is 0 Å². The van der Waals surface area contributed by atoms with Crippen LogP contribution in [0.4, 0.5) is 0 Å². The molecule has 3 aliphatic rings. The summed E-state index contributed by atoms with van der Waals surface area (Å²) >= 11 is 0. The first-order valence-corrected chi connectivity index (χ1v) is 7.49. The maximum atomic E-state index is 12.3. The van der Waals surface area contributed by atoms with Crippen LogP contribution in [0.2, 0.25) is 0 Å². The molecule has 1 saturated heterocycles. The first-order chi connectivity index (χ1) is 9.33. The number of ether oxygens (including phenoxy) is 1. The Bertz CT molecular complexity index is 557. The highest BCUT2D eigenvalue weighted by Crippen LogP contribution is 2.57. The minimum Gasteiger partial charge on any atom is -0.457 e. The quantitative estimate of drug-likeness (QED) is 0.690. The number of carbonyl (C=O) groups excluding carboxylic acids is 2. The highest BCUT2D eigenvalue weighted by Gasteiger charge is 2.59. The van der Waals surface area contributed by atoms with Crippen LogP contribution in [0.5, 0.6) is 0 Å². The van der Waals surface area contributed by atoms with E-state index in [9.17, 15) is 9.59 Å². The summed E-state index contributed by atoms with van der Waals surface area (Å²) in [6, 6.07) is 0. The van der Waals surface area contributed by atoms with Crippen LogP contribution in [0.25, 0.3) is 0 Å². The third-order valence-corrected chi connectivity index (χ3v) is 5.87. The second-order valence-electron chi connectivity index (χ2n) is 6.90. The van der Waals surface area contributed by atoms with Crippen LogP contribution >= 0.6 is 0 Å². The monoisotopic (exact) mass is 274 g/mol. The molecule has 0 aromatic rings. The van der Waals surface area contributed by atoms with Gasteiger partial charge in [-0.15, -0.1) is 0 Å². The second-order valence-corrected chi connectivity index (χ2v) is 6.90. The van der Waals surface area contributed by atoms with Crippen LogP contribution in [0.1, 0.15) is 47.0 Å². The van der Waals surface area contributed by atoms with E-state index in [1.165, 1.54) is 0 Å². The van der Waals surface area contributed by atoms with E-state index in [0.29, 0.717) is 0 Å². The van der Waals surface area contributed by atoms with E-state index in [1.807, 2.05) is 26.8 Å². The van der Waals surface area contributed by atoms with Gasteiger partial charge in [0, 0.05) is 16.9 Å². The Morgan fingerprint density at radius 1 is 1.35 bits per heavy atom. The molecular formula is C17H22O3. The summed E-state index contributed by atoms with van der Waals surface area (Å²) < 4.78 is 5.74. The largest absolute Gasteiger partial charge is 0.457 e. The molecule has 1 saturated carbocycles. The zero-order valence-corrected chi connectivity index (χ0v) is 12.7. The van der Waals surface area contributed by atoms with Crippen molar-refractivity contribution >= 4 is 11.8 Å². The number of hydrogen-bond acceptors (Lipinski definition) is 3. The molecule has 4 atom stereocenters. The molecule has 2 aliphatic carbocycles. The van der Waals surface area contributed by atoms with Gasteiger partial charge >= 0.3 is 5.97 Å². The molecule has 0 radical (unpaired) electrons. The highest BCUT2D eigenvalue weighted by molar-refractivity contribution is 6.05. The molecule has 3 rings (SSSR count). The van der Waals surface area contributed by atoms with E-state index < -0.39 is 5.41 Å². The molecule has 108 valence electrons. The van der Waals surface area contributed by atoms with Crippen LogP contribution in [0.3, 0.4) is 0 Å². The molecule has 0 amide bonds. The van der Waals surface area contributed by atoms with Gasteiger partial charge in [-0.05, 0) is 44.8 Å². The molecule has 2 fully saturated rings. The summed E-state index contributed by atoms with van der Waals surface area (Å²) in [5.74, 6) is 0.165. The van der Waals surface area contributed by atoms with Crippen molar-refractivity contribution in [1.29, 1.82) is 0 Å². The first kappa shape index (κ1) is 13.6. The predicted octanol–water partition coefficient (Wildman–Crippen LogP) is 3.20. The Hall–Kier alpha value is -1.38. The molecule has 1 aliphatic heterocycles. The van der Waals surface area contributed by atoms with E-state index in [4.69, 9.17) is 4.74 Å². The molecule has 0 unspecified atom stereocenters. The average Bonchev–Trinajstić information content (AvgIpc) is 2.67. The van der Waals surface area contributed by atoms with Crippen molar-refractivity contribution in [3.05, 3.63) is 23.3 Å². The lowest BCUT2D eigenvalue weighted by Crippen LogP contribution is -2.42. The van der Waals surface area contributed by atoms with Crippen LogP contribution < -0.4 is 0 Å². The fourth-order valence-electron chi connectivity index (χ4n) is 4.20. The minimum absolute atomic E-state index is 0.0549. The highest BCUT2D eigenvalue weighted by atomic mass is 16.6. The molecule has 3 nitrogen and oxygen atoms in total. The number of hydrogen-bond donors (Lipinski definition) is 0. The average molecular weight is 274 g/mol. The fourth-order valence-corrected chi connectivity index (χ4v) is 4.20.